The van der Waals surface area contributed by atoms with E-state index in [9.17, 15) is 18.0 Å². The molecule has 3 aromatic rings. The van der Waals surface area contributed by atoms with E-state index in [0.717, 1.165) is 23.8 Å². The van der Waals surface area contributed by atoms with Crippen molar-refractivity contribution in [1.82, 2.24) is 10.2 Å². The number of hydrogen-bond acceptors (Lipinski definition) is 6. The Bertz CT molecular complexity index is 1410. The number of carbonyl (C=O) groups is 2. The molecule has 1 atom stereocenters. The van der Waals surface area contributed by atoms with Gasteiger partial charge in [-0.2, -0.15) is 0 Å². The van der Waals surface area contributed by atoms with Gasteiger partial charge in [0.15, 0.2) is 0 Å². The van der Waals surface area contributed by atoms with Crippen LogP contribution in [0.3, 0.4) is 0 Å². The molecule has 0 aliphatic heterocycles. The first kappa shape index (κ1) is 33.5. The summed E-state index contributed by atoms with van der Waals surface area (Å²) in [7, 11) is -2.03. The molecule has 0 bridgehead atoms. The van der Waals surface area contributed by atoms with Crippen LogP contribution in [0.2, 0.25) is 0 Å². The highest BCUT2D eigenvalue weighted by Gasteiger charge is 2.30. The summed E-state index contributed by atoms with van der Waals surface area (Å²) in [6, 6.07) is 23.1. The number of rotatable bonds is 17. The van der Waals surface area contributed by atoms with Crippen LogP contribution < -0.4 is 19.1 Å². The second-order valence-electron chi connectivity index (χ2n) is 10.2. The molecule has 0 aromatic heterocycles. The maximum Gasteiger partial charge on any atom is 0.243 e. The van der Waals surface area contributed by atoms with E-state index < -0.39 is 16.1 Å². The van der Waals surface area contributed by atoms with Crippen LogP contribution in [-0.2, 0) is 32.6 Å². The lowest BCUT2D eigenvalue weighted by molar-refractivity contribution is -0.141. The van der Waals surface area contributed by atoms with Gasteiger partial charge in [-0.15, -0.1) is 0 Å². The van der Waals surface area contributed by atoms with Crippen molar-refractivity contribution in [3.05, 3.63) is 90.0 Å². The van der Waals surface area contributed by atoms with Gasteiger partial charge in [-0.3, -0.25) is 13.9 Å². The molecular formula is C33H43N3O6S. The monoisotopic (exact) mass is 609 g/mol. The van der Waals surface area contributed by atoms with Crippen molar-refractivity contribution >= 4 is 27.5 Å². The summed E-state index contributed by atoms with van der Waals surface area (Å²) in [5.41, 5.74) is 2.25. The summed E-state index contributed by atoms with van der Waals surface area (Å²) >= 11 is 0. The number of hydrogen-bond donors (Lipinski definition) is 1. The van der Waals surface area contributed by atoms with Crippen LogP contribution in [0.15, 0.2) is 78.9 Å². The third kappa shape index (κ3) is 10.3. The van der Waals surface area contributed by atoms with E-state index in [1.54, 1.807) is 36.3 Å². The van der Waals surface area contributed by atoms with Crippen LogP contribution in [0.1, 0.15) is 44.2 Å². The second-order valence-corrected chi connectivity index (χ2v) is 12.1. The number of nitrogens with one attached hydrogen (secondary N) is 1. The lowest BCUT2D eigenvalue weighted by atomic mass is 10.0. The van der Waals surface area contributed by atoms with Gasteiger partial charge in [0.25, 0.3) is 0 Å². The van der Waals surface area contributed by atoms with Crippen LogP contribution in [-0.4, -0.2) is 64.2 Å². The van der Waals surface area contributed by atoms with Gasteiger partial charge >= 0.3 is 0 Å². The van der Waals surface area contributed by atoms with E-state index in [2.05, 4.69) is 5.32 Å². The minimum absolute atomic E-state index is 0.0549. The van der Waals surface area contributed by atoms with Gasteiger partial charge in [-0.1, -0.05) is 49.4 Å². The first-order valence-electron chi connectivity index (χ1n) is 14.6. The predicted octanol–water partition coefficient (Wildman–Crippen LogP) is 4.81. The highest BCUT2D eigenvalue weighted by atomic mass is 32.2. The Labute approximate surface area is 255 Å². The largest absolute Gasteiger partial charge is 0.497 e. The summed E-state index contributed by atoms with van der Waals surface area (Å²) in [5, 5.41) is 2.97. The van der Waals surface area contributed by atoms with Gasteiger partial charge in [-0.05, 0) is 67.3 Å². The number of ether oxygens (including phenoxy) is 2. The first-order valence-corrected chi connectivity index (χ1v) is 16.5. The van der Waals surface area contributed by atoms with Crippen molar-refractivity contribution in [1.29, 1.82) is 0 Å². The van der Waals surface area contributed by atoms with E-state index >= 15 is 0 Å². The summed E-state index contributed by atoms with van der Waals surface area (Å²) in [6.07, 6.45) is 2.57. The van der Waals surface area contributed by atoms with Crippen LogP contribution in [0.4, 0.5) is 5.69 Å². The third-order valence-electron chi connectivity index (χ3n) is 6.90. The van der Waals surface area contributed by atoms with Crippen molar-refractivity contribution in [3.8, 4) is 11.5 Å². The SMILES string of the molecule is CCCNC(=O)[C@H](Cc1ccccc1)N(Cc1cccc(OC)c1)C(=O)CCCN(c1ccc(OCC)cc1)S(C)(=O)=O. The zero-order valence-corrected chi connectivity index (χ0v) is 26.3. The van der Waals surface area contributed by atoms with Gasteiger partial charge in [0.2, 0.25) is 21.8 Å². The fourth-order valence-electron chi connectivity index (χ4n) is 4.77. The number of methoxy groups -OCH3 is 1. The molecule has 10 heteroatoms. The molecule has 1 N–H and O–H groups in total. The van der Waals surface area contributed by atoms with Gasteiger partial charge in [0.1, 0.15) is 17.5 Å². The van der Waals surface area contributed by atoms with Crippen LogP contribution in [0, 0.1) is 0 Å². The zero-order valence-electron chi connectivity index (χ0n) is 25.5. The molecule has 232 valence electrons. The van der Waals surface area contributed by atoms with Crippen LogP contribution >= 0.6 is 0 Å². The topological polar surface area (TPSA) is 105 Å². The van der Waals surface area contributed by atoms with Crippen molar-refractivity contribution in [2.24, 2.45) is 0 Å². The zero-order chi connectivity index (χ0) is 31.2. The van der Waals surface area contributed by atoms with E-state index in [-0.39, 0.29) is 37.7 Å². The fraction of sp³-hybridized carbons (Fsp3) is 0.394. The van der Waals surface area contributed by atoms with Crippen LogP contribution in [0.25, 0.3) is 0 Å². The third-order valence-corrected chi connectivity index (χ3v) is 8.09. The van der Waals surface area contributed by atoms with Gasteiger partial charge < -0.3 is 19.7 Å². The number of sulfonamides is 1. The molecule has 0 radical (unpaired) electrons. The van der Waals surface area contributed by atoms with E-state index in [1.807, 2.05) is 68.4 Å². The van der Waals surface area contributed by atoms with Gasteiger partial charge in [0.05, 0.1) is 25.7 Å². The fourth-order valence-corrected chi connectivity index (χ4v) is 5.73. The molecule has 0 heterocycles. The quantitative estimate of drug-likeness (QED) is 0.236. The van der Waals surface area contributed by atoms with Crippen molar-refractivity contribution < 1.29 is 27.5 Å². The molecule has 3 rings (SSSR count). The number of nitrogens with zero attached hydrogens (tertiary/aromatic N) is 2. The Morgan fingerprint density at radius 1 is 0.907 bits per heavy atom. The highest BCUT2D eigenvalue weighted by molar-refractivity contribution is 7.92. The lowest BCUT2D eigenvalue weighted by Gasteiger charge is -2.32. The van der Waals surface area contributed by atoms with Crippen molar-refractivity contribution in [2.45, 2.75) is 52.1 Å². The maximum atomic E-state index is 13.9. The second kappa shape index (κ2) is 16.6. The molecule has 0 aliphatic carbocycles. The molecule has 3 aromatic carbocycles. The Balaban J connectivity index is 1.86. The predicted molar refractivity (Wildman–Crippen MR) is 170 cm³/mol. The number of anilines is 1. The smallest absolute Gasteiger partial charge is 0.243 e. The van der Waals surface area contributed by atoms with Crippen molar-refractivity contribution in [3.63, 3.8) is 0 Å². The molecule has 0 saturated heterocycles. The molecule has 0 aliphatic rings. The molecule has 0 spiro atoms. The summed E-state index contributed by atoms with van der Waals surface area (Å²) < 4.78 is 37.5. The van der Waals surface area contributed by atoms with E-state index in [0.29, 0.717) is 36.8 Å². The summed E-state index contributed by atoms with van der Waals surface area (Å²) in [5.74, 6) is 0.831. The average Bonchev–Trinajstić information content (AvgIpc) is 3.00. The minimum Gasteiger partial charge on any atom is -0.497 e. The van der Waals surface area contributed by atoms with Gasteiger partial charge in [-0.25, -0.2) is 8.42 Å². The molecule has 0 saturated carbocycles. The standard InChI is InChI=1S/C33H43N3O6S/c1-5-21-34-33(38)31(24-26-12-8-7-9-13-26)35(25-27-14-10-15-30(23-27)41-3)32(37)16-11-22-36(43(4,39)40)28-17-19-29(20-18-28)42-6-2/h7-10,12-15,17-20,23,31H,5-6,11,16,21-22,24-25H2,1-4H3,(H,34,38)/t31-/m0/s1. The molecule has 0 fully saturated rings. The summed E-state index contributed by atoms with van der Waals surface area (Å²) in [4.78, 5) is 29.0. The first-order chi connectivity index (χ1) is 20.7. The number of carbonyl (C=O) groups excluding carboxylic acids is 2. The Hall–Kier alpha value is -4.05. The molecule has 0 unspecified atom stereocenters. The number of benzene rings is 3. The maximum absolute atomic E-state index is 13.9. The van der Waals surface area contributed by atoms with Crippen molar-refractivity contribution in [2.75, 3.05) is 37.4 Å². The Morgan fingerprint density at radius 2 is 1.60 bits per heavy atom. The molecular weight excluding hydrogens is 566 g/mol. The van der Waals surface area contributed by atoms with Crippen LogP contribution in [0.5, 0.6) is 11.5 Å². The normalized spacial score (nSPS) is 11.8. The number of amides is 2. The van der Waals surface area contributed by atoms with E-state index in [1.165, 1.54) is 4.31 Å². The Morgan fingerprint density at radius 3 is 2.23 bits per heavy atom. The Kier molecular flexibility index (Phi) is 12.9. The minimum atomic E-state index is -3.61. The highest BCUT2D eigenvalue weighted by Crippen LogP contribution is 2.23. The average molecular weight is 610 g/mol. The molecule has 2 amide bonds. The van der Waals surface area contributed by atoms with Gasteiger partial charge in [0, 0.05) is 32.5 Å². The molecule has 9 nitrogen and oxygen atoms in total. The summed E-state index contributed by atoms with van der Waals surface area (Å²) in [6.45, 7) is 5.16. The lowest BCUT2D eigenvalue weighted by Crippen LogP contribution is -2.50. The van der Waals surface area contributed by atoms with E-state index in [4.69, 9.17) is 9.47 Å². The molecule has 43 heavy (non-hydrogen) atoms.